The summed E-state index contributed by atoms with van der Waals surface area (Å²) in [7, 11) is 1.38. The number of esters is 1. The Morgan fingerprint density at radius 3 is 2.44 bits per heavy atom. The normalized spacial score (nSPS) is 21.1. The zero-order chi connectivity index (χ0) is 13.8. The van der Waals surface area contributed by atoms with Gasteiger partial charge in [-0.25, -0.2) is 4.79 Å². The lowest BCUT2D eigenvalue weighted by atomic mass is 10.0. The van der Waals surface area contributed by atoms with Crippen LogP contribution < -0.4 is 0 Å². The van der Waals surface area contributed by atoms with E-state index in [1.165, 1.54) is 7.11 Å². The molecule has 0 aromatic heterocycles. The van der Waals surface area contributed by atoms with Crippen LogP contribution in [0.5, 0.6) is 0 Å². The molecule has 1 heterocycles. The topological polar surface area (TPSA) is 55.8 Å². The number of methoxy groups -OCH3 is 1. The van der Waals surface area contributed by atoms with Crippen molar-refractivity contribution in [3.05, 3.63) is 0 Å². The molecule has 0 saturated carbocycles. The minimum atomic E-state index is -0.510. The highest BCUT2D eigenvalue weighted by Gasteiger charge is 2.29. The molecule has 0 radical (unpaired) electrons. The molecule has 1 rings (SSSR count). The SMILES string of the molecule is COC(=O)[C@@H]1CCCCN(C(=O)OC(C)(C)C)C1. The van der Waals surface area contributed by atoms with Gasteiger partial charge < -0.3 is 14.4 Å². The third-order valence-electron chi connectivity index (χ3n) is 2.86. The van der Waals surface area contributed by atoms with Crippen molar-refractivity contribution in [3.8, 4) is 0 Å². The quantitative estimate of drug-likeness (QED) is 0.676. The molecule has 5 nitrogen and oxygen atoms in total. The Labute approximate surface area is 108 Å². The van der Waals surface area contributed by atoms with E-state index in [9.17, 15) is 9.59 Å². The van der Waals surface area contributed by atoms with Crippen LogP contribution in [0.3, 0.4) is 0 Å². The molecule has 1 amide bonds. The molecule has 0 N–H and O–H groups in total. The molecule has 1 fully saturated rings. The van der Waals surface area contributed by atoms with Crippen LogP contribution in [0.15, 0.2) is 0 Å². The molecule has 0 aromatic carbocycles. The second-order valence-electron chi connectivity index (χ2n) is 5.64. The first-order chi connectivity index (χ1) is 8.33. The van der Waals surface area contributed by atoms with E-state index in [4.69, 9.17) is 9.47 Å². The second kappa shape index (κ2) is 6.07. The van der Waals surface area contributed by atoms with Gasteiger partial charge in [0.1, 0.15) is 5.60 Å². The molecular weight excluding hydrogens is 234 g/mol. The van der Waals surface area contributed by atoms with Crippen LogP contribution >= 0.6 is 0 Å². The van der Waals surface area contributed by atoms with Gasteiger partial charge in [0.25, 0.3) is 0 Å². The van der Waals surface area contributed by atoms with E-state index in [0.717, 1.165) is 19.3 Å². The fourth-order valence-corrected chi connectivity index (χ4v) is 1.99. The summed E-state index contributed by atoms with van der Waals surface area (Å²) in [5, 5.41) is 0. The highest BCUT2D eigenvalue weighted by atomic mass is 16.6. The number of ether oxygens (including phenoxy) is 2. The molecule has 1 saturated heterocycles. The average molecular weight is 257 g/mol. The lowest BCUT2D eigenvalue weighted by Gasteiger charge is -2.27. The summed E-state index contributed by atoms with van der Waals surface area (Å²) in [6.45, 7) is 6.53. The third-order valence-corrected chi connectivity index (χ3v) is 2.86. The summed E-state index contributed by atoms with van der Waals surface area (Å²) in [5.74, 6) is -0.476. The molecule has 18 heavy (non-hydrogen) atoms. The Kier molecular flexibility index (Phi) is 4.99. The fraction of sp³-hybridized carbons (Fsp3) is 0.846. The van der Waals surface area contributed by atoms with Crippen LogP contribution in [-0.2, 0) is 14.3 Å². The number of hydrogen-bond donors (Lipinski definition) is 0. The molecule has 0 aliphatic carbocycles. The number of rotatable bonds is 1. The smallest absolute Gasteiger partial charge is 0.410 e. The van der Waals surface area contributed by atoms with Crippen LogP contribution in [0.4, 0.5) is 4.79 Å². The van der Waals surface area contributed by atoms with Gasteiger partial charge in [-0.3, -0.25) is 4.79 Å². The van der Waals surface area contributed by atoms with Gasteiger partial charge in [0.15, 0.2) is 0 Å². The standard InChI is InChI=1S/C13H23NO4/c1-13(2,3)18-12(16)14-8-6-5-7-10(9-14)11(15)17-4/h10H,5-9H2,1-4H3/t10-/m1/s1. The molecule has 1 aliphatic heterocycles. The highest BCUT2D eigenvalue weighted by Crippen LogP contribution is 2.19. The van der Waals surface area contributed by atoms with Crippen LogP contribution in [0.25, 0.3) is 0 Å². The minimum absolute atomic E-state index is 0.231. The first kappa shape index (κ1) is 14.8. The summed E-state index contributed by atoms with van der Waals surface area (Å²) < 4.78 is 10.1. The lowest BCUT2D eigenvalue weighted by Crippen LogP contribution is -2.40. The van der Waals surface area contributed by atoms with Crippen molar-refractivity contribution in [3.63, 3.8) is 0 Å². The van der Waals surface area contributed by atoms with Crippen LogP contribution in [0.1, 0.15) is 40.0 Å². The zero-order valence-corrected chi connectivity index (χ0v) is 11.7. The molecule has 1 aliphatic rings. The molecule has 1 atom stereocenters. The fourth-order valence-electron chi connectivity index (χ4n) is 1.99. The zero-order valence-electron chi connectivity index (χ0n) is 11.7. The first-order valence-corrected chi connectivity index (χ1v) is 6.39. The van der Waals surface area contributed by atoms with E-state index in [-0.39, 0.29) is 18.0 Å². The molecule has 0 bridgehead atoms. The number of carbonyl (C=O) groups is 2. The van der Waals surface area contributed by atoms with Gasteiger partial charge in [-0.05, 0) is 33.6 Å². The molecule has 0 aromatic rings. The predicted octanol–water partition coefficient (Wildman–Crippen LogP) is 2.20. The first-order valence-electron chi connectivity index (χ1n) is 6.39. The van der Waals surface area contributed by atoms with Crippen molar-refractivity contribution < 1.29 is 19.1 Å². The van der Waals surface area contributed by atoms with Crippen molar-refractivity contribution in [2.45, 2.75) is 45.6 Å². The van der Waals surface area contributed by atoms with Crippen LogP contribution in [-0.4, -0.2) is 42.8 Å². The Bertz CT molecular complexity index is 309. The van der Waals surface area contributed by atoms with Crippen molar-refractivity contribution in [2.75, 3.05) is 20.2 Å². The monoisotopic (exact) mass is 257 g/mol. The predicted molar refractivity (Wildman–Crippen MR) is 67.2 cm³/mol. The van der Waals surface area contributed by atoms with Crippen molar-refractivity contribution >= 4 is 12.1 Å². The largest absolute Gasteiger partial charge is 0.469 e. The van der Waals surface area contributed by atoms with E-state index in [1.54, 1.807) is 4.90 Å². The maximum Gasteiger partial charge on any atom is 0.410 e. The number of amides is 1. The average Bonchev–Trinajstić information content (AvgIpc) is 2.51. The van der Waals surface area contributed by atoms with Gasteiger partial charge in [0.05, 0.1) is 13.0 Å². The second-order valence-corrected chi connectivity index (χ2v) is 5.64. The minimum Gasteiger partial charge on any atom is -0.469 e. The van der Waals surface area contributed by atoms with E-state index in [2.05, 4.69) is 0 Å². The van der Waals surface area contributed by atoms with Crippen molar-refractivity contribution in [1.82, 2.24) is 4.90 Å². The number of nitrogens with zero attached hydrogens (tertiary/aromatic N) is 1. The number of hydrogen-bond acceptors (Lipinski definition) is 4. The number of carbonyl (C=O) groups excluding carboxylic acids is 2. The Balaban J connectivity index is 2.64. The summed E-state index contributed by atoms with van der Waals surface area (Å²) in [5.41, 5.74) is -0.510. The third kappa shape index (κ3) is 4.55. The van der Waals surface area contributed by atoms with Gasteiger partial charge in [-0.15, -0.1) is 0 Å². The van der Waals surface area contributed by atoms with E-state index in [1.807, 2.05) is 20.8 Å². The van der Waals surface area contributed by atoms with E-state index < -0.39 is 5.60 Å². The Morgan fingerprint density at radius 2 is 1.89 bits per heavy atom. The number of likely N-dealkylation sites (tertiary alicyclic amines) is 1. The summed E-state index contributed by atoms with van der Waals surface area (Å²) >= 11 is 0. The van der Waals surface area contributed by atoms with E-state index in [0.29, 0.717) is 13.1 Å². The molecule has 104 valence electrons. The Hall–Kier alpha value is -1.26. The highest BCUT2D eigenvalue weighted by molar-refractivity contribution is 5.74. The van der Waals surface area contributed by atoms with Crippen LogP contribution in [0, 0.1) is 5.92 Å². The van der Waals surface area contributed by atoms with Gasteiger partial charge >= 0.3 is 12.1 Å². The van der Waals surface area contributed by atoms with Crippen molar-refractivity contribution in [2.24, 2.45) is 5.92 Å². The molecule has 0 unspecified atom stereocenters. The summed E-state index contributed by atoms with van der Waals surface area (Å²) in [6.07, 6.45) is 2.25. The summed E-state index contributed by atoms with van der Waals surface area (Å²) in [6, 6.07) is 0. The van der Waals surface area contributed by atoms with Gasteiger partial charge in [-0.1, -0.05) is 6.42 Å². The van der Waals surface area contributed by atoms with Crippen molar-refractivity contribution in [1.29, 1.82) is 0 Å². The maximum absolute atomic E-state index is 12.0. The maximum atomic E-state index is 12.0. The lowest BCUT2D eigenvalue weighted by molar-refractivity contribution is -0.146. The summed E-state index contributed by atoms with van der Waals surface area (Å²) in [4.78, 5) is 25.2. The van der Waals surface area contributed by atoms with Crippen LogP contribution in [0.2, 0.25) is 0 Å². The molecule has 0 spiro atoms. The van der Waals surface area contributed by atoms with Gasteiger partial charge in [0.2, 0.25) is 0 Å². The van der Waals surface area contributed by atoms with Gasteiger partial charge in [-0.2, -0.15) is 0 Å². The van der Waals surface area contributed by atoms with E-state index >= 15 is 0 Å². The molecular formula is C13H23NO4. The molecule has 5 heteroatoms. The van der Waals surface area contributed by atoms with Gasteiger partial charge in [0, 0.05) is 13.1 Å². The Morgan fingerprint density at radius 1 is 1.22 bits per heavy atom.